The van der Waals surface area contributed by atoms with Crippen LogP contribution in [-0.4, -0.2) is 33.2 Å². The minimum atomic E-state index is -4.43. The molecule has 0 aliphatic carbocycles. The lowest BCUT2D eigenvalue weighted by molar-refractivity contribution is -0.137. The number of hydrogen-bond acceptors (Lipinski definition) is 5. The Labute approximate surface area is 160 Å². The second kappa shape index (κ2) is 6.68. The molecule has 1 N–H and O–H groups in total. The number of fused-ring (bicyclic) bond motifs is 1. The van der Waals surface area contributed by atoms with Gasteiger partial charge in [0.05, 0.1) is 28.4 Å². The largest absolute Gasteiger partial charge is 0.416 e. The van der Waals surface area contributed by atoms with Crippen LogP contribution < -0.4 is 5.32 Å². The summed E-state index contributed by atoms with van der Waals surface area (Å²) in [5.41, 5.74) is 0.199. The molecule has 10 heteroatoms. The van der Waals surface area contributed by atoms with Gasteiger partial charge in [0.2, 0.25) is 0 Å². The van der Waals surface area contributed by atoms with E-state index in [0.717, 1.165) is 23.3 Å². The number of carbonyl (C=O) groups is 1. The lowest BCUT2D eigenvalue weighted by Gasteiger charge is -2.09. The van der Waals surface area contributed by atoms with Gasteiger partial charge in [-0.3, -0.25) is 9.79 Å². The number of amidine groups is 1. The molecule has 0 saturated heterocycles. The van der Waals surface area contributed by atoms with Gasteiger partial charge in [0.15, 0.2) is 5.17 Å². The first-order valence-corrected chi connectivity index (χ1v) is 9.78. The third-order valence-corrected chi connectivity index (χ3v) is 5.99. The van der Waals surface area contributed by atoms with Crippen molar-refractivity contribution in [1.29, 1.82) is 0 Å². The van der Waals surface area contributed by atoms with Crippen molar-refractivity contribution in [2.75, 3.05) is 12.3 Å². The van der Waals surface area contributed by atoms with Crippen molar-refractivity contribution >= 4 is 44.4 Å². The van der Waals surface area contributed by atoms with E-state index in [0.29, 0.717) is 32.8 Å². The predicted octanol–water partition coefficient (Wildman–Crippen LogP) is 4.25. The first-order valence-electron chi connectivity index (χ1n) is 7.98. The maximum Gasteiger partial charge on any atom is 0.416 e. The van der Waals surface area contributed by atoms with Crippen LogP contribution in [0, 0.1) is 6.92 Å². The standard InChI is InChI=1S/C17H13F3N4OS2/c1-9-12-8-13(14(25)22-16-21-5-6-26-16)27-15(12)24(23-9)11-4-2-3-10(7-11)17(18,19)20/h2-4,7-8H,5-6H2,1H3,(H,21,22,25). The van der Waals surface area contributed by atoms with Crippen molar-refractivity contribution in [2.24, 2.45) is 4.99 Å². The smallest absolute Gasteiger partial charge is 0.301 e. The summed E-state index contributed by atoms with van der Waals surface area (Å²) in [7, 11) is 0. The summed E-state index contributed by atoms with van der Waals surface area (Å²) in [4.78, 5) is 17.7. The van der Waals surface area contributed by atoms with Gasteiger partial charge < -0.3 is 5.32 Å². The zero-order valence-corrected chi connectivity index (χ0v) is 15.6. The molecule has 140 valence electrons. The van der Waals surface area contributed by atoms with Crippen molar-refractivity contribution in [3.8, 4) is 5.69 Å². The number of rotatable bonds is 2. The van der Waals surface area contributed by atoms with Gasteiger partial charge in [0.25, 0.3) is 5.91 Å². The molecule has 0 saturated carbocycles. The number of thiophene rings is 1. The topological polar surface area (TPSA) is 59.3 Å². The molecule has 1 amide bonds. The number of aliphatic imine (C=N–C) groups is 1. The number of nitrogens with one attached hydrogen (secondary N) is 1. The van der Waals surface area contributed by atoms with E-state index < -0.39 is 11.7 Å². The monoisotopic (exact) mass is 410 g/mol. The van der Waals surface area contributed by atoms with Crippen LogP contribution >= 0.6 is 23.1 Å². The van der Waals surface area contributed by atoms with Crippen molar-refractivity contribution in [1.82, 2.24) is 15.1 Å². The second-order valence-corrected chi connectivity index (χ2v) is 7.98. The number of aromatic nitrogens is 2. The molecule has 27 heavy (non-hydrogen) atoms. The summed E-state index contributed by atoms with van der Waals surface area (Å²) in [5.74, 6) is 0.561. The fourth-order valence-electron chi connectivity index (χ4n) is 2.72. The van der Waals surface area contributed by atoms with Crippen LogP contribution in [0.5, 0.6) is 0 Å². The van der Waals surface area contributed by atoms with E-state index in [1.165, 1.54) is 33.8 Å². The maximum absolute atomic E-state index is 13.0. The first kappa shape index (κ1) is 18.1. The zero-order valence-electron chi connectivity index (χ0n) is 14.0. The van der Waals surface area contributed by atoms with E-state index in [1.54, 1.807) is 19.1 Å². The molecule has 0 spiro atoms. The number of hydrogen-bond donors (Lipinski definition) is 1. The molecule has 3 heterocycles. The van der Waals surface area contributed by atoms with Crippen molar-refractivity contribution in [3.05, 3.63) is 46.5 Å². The number of benzene rings is 1. The van der Waals surface area contributed by atoms with Crippen molar-refractivity contribution in [3.63, 3.8) is 0 Å². The lowest BCUT2D eigenvalue weighted by Crippen LogP contribution is -2.26. The van der Waals surface area contributed by atoms with E-state index in [-0.39, 0.29) is 5.91 Å². The number of thioether (sulfide) groups is 1. The quantitative estimate of drug-likeness (QED) is 0.687. The number of carbonyl (C=O) groups excluding carboxylic acids is 1. The number of aryl methyl sites for hydroxylation is 1. The average Bonchev–Trinajstić information content (AvgIpc) is 3.33. The third kappa shape index (κ3) is 3.46. The Morgan fingerprint density at radius 2 is 2.11 bits per heavy atom. The van der Waals surface area contributed by atoms with Crippen LogP contribution in [0.15, 0.2) is 35.3 Å². The van der Waals surface area contributed by atoms with Crippen LogP contribution in [0.3, 0.4) is 0 Å². The van der Waals surface area contributed by atoms with Crippen molar-refractivity contribution in [2.45, 2.75) is 13.1 Å². The maximum atomic E-state index is 13.0. The molecule has 4 rings (SSSR count). The minimum absolute atomic E-state index is 0.278. The van der Waals surface area contributed by atoms with E-state index in [2.05, 4.69) is 15.4 Å². The predicted molar refractivity (Wildman–Crippen MR) is 101 cm³/mol. The molecule has 0 fully saturated rings. The molecule has 2 aromatic heterocycles. The van der Waals surface area contributed by atoms with E-state index in [4.69, 9.17) is 0 Å². The molecule has 1 aliphatic rings. The number of alkyl halides is 3. The molecule has 0 radical (unpaired) electrons. The van der Waals surface area contributed by atoms with Crippen molar-refractivity contribution < 1.29 is 18.0 Å². The average molecular weight is 410 g/mol. The Balaban J connectivity index is 1.72. The highest BCUT2D eigenvalue weighted by Crippen LogP contribution is 2.33. The van der Waals surface area contributed by atoms with E-state index in [1.807, 2.05) is 0 Å². The fourth-order valence-corrected chi connectivity index (χ4v) is 4.52. The van der Waals surface area contributed by atoms with E-state index in [9.17, 15) is 18.0 Å². The van der Waals surface area contributed by atoms with Gasteiger partial charge in [0.1, 0.15) is 4.83 Å². The third-order valence-electron chi connectivity index (χ3n) is 3.99. The Kier molecular flexibility index (Phi) is 4.47. The molecule has 1 aromatic carbocycles. The van der Waals surface area contributed by atoms with Gasteiger partial charge in [0, 0.05) is 11.1 Å². The summed E-state index contributed by atoms with van der Waals surface area (Å²) in [5, 5.41) is 8.44. The molecule has 5 nitrogen and oxygen atoms in total. The second-order valence-electron chi connectivity index (χ2n) is 5.86. The van der Waals surface area contributed by atoms with Gasteiger partial charge in [-0.25, -0.2) is 4.68 Å². The van der Waals surface area contributed by atoms with Crippen LogP contribution in [0.4, 0.5) is 13.2 Å². The van der Waals surface area contributed by atoms with Gasteiger partial charge in [-0.05, 0) is 31.2 Å². The summed E-state index contributed by atoms with van der Waals surface area (Å²) in [6.45, 7) is 2.44. The SMILES string of the molecule is Cc1nn(-c2cccc(C(F)(F)F)c2)c2sc(C(=O)NC3=NCCS3)cc12. The molecular formula is C17H13F3N4OS2. The van der Waals surface area contributed by atoms with Gasteiger partial charge in [-0.1, -0.05) is 17.8 Å². The van der Waals surface area contributed by atoms with Crippen LogP contribution in [0.2, 0.25) is 0 Å². The minimum Gasteiger partial charge on any atom is -0.301 e. The number of nitrogens with zero attached hydrogens (tertiary/aromatic N) is 3. The molecule has 3 aromatic rings. The van der Waals surface area contributed by atoms with Gasteiger partial charge in [-0.2, -0.15) is 18.3 Å². The van der Waals surface area contributed by atoms with Crippen LogP contribution in [0.1, 0.15) is 20.9 Å². The summed E-state index contributed by atoms with van der Waals surface area (Å²) < 4.78 is 40.5. The highest BCUT2D eigenvalue weighted by atomic mass is 32.2. The Morgan fingerprint density at radius 3 is 2.81 bits per heavy atom. The molecule has 0 atom stereocenters. The highest BCUT2D eigenvalue weighted by molar-refractivity contribution is 8.14. The van der Waals surface area contributed by atoms with Gasteiger partial charge in [-0.15, -0.1) is 11.3 Å². The highest BCUT2D eigenvalue weighted by Gasteiger charge is 2.31. The Bertz CT molecular complexity index is 1070. The Morgan fingerprint density at radius 1 is 1.30 bits per heavy atom. The zero-order chi connectivity index (χ0) is 19.2. The Hall–Kier alpha value is -2.33. The van der Waals surface area contributed by atoms with Crippen LogP contribution in [-0.2, 0) is 6.18 Å². The molecule has 1 aliphatic heterocycles. The fraction of sp³-hybridized carbons (Fsp3) is 0.235. The lowest BCUT2D eigenvalue weighted by atomic mass is 10.2. The first-order chi connectivity index (χ1) is 12.8. The van der Waals surface area contributed by atoms with Gasteiger partial charge >= 0.3 is 6.18 Å². The molecular weight excluding hydrogens is 397 g/mol. The summed E-state index contributed by atoms with van der Waals surface area (Å²) in [6, 6.07) is 6.68. The molecule has 0 unspecified atom stereocenters. The number of amides is 1. The van der Waals surface area contributed by atoms with E-state index >= 15 is 0 Å². The normalized spacial score (nSPS) is 14.6. The summed E-state index contributed by atoms with van der Waals surface area (Å²) in [6.07, 6.45) is -4.43. The molecule has 0 bridgehead atoms. The number of halogens is 3. The van der Waals surface area contributed by atoms with Crippen LogP contribution in [0.25, 0.3) is 15.9 Å². The summed E-state index contributed by atoms with van der Waals surface area (Å²) >= 11 is 2.67.